The van der Waals surface area contributed by atoms with E-state index in [0.29, 0.717) is 26.4 Å². The van der Waals surface area contributed by atoms with Crippen LogP contribution in [0, 0.1) is 0 Å². The maximum atomic E-state index is 12.3. The van der Waals surface area contributed by atoms with Gasteiger partial charge in [0.15, 0.2) is 0 Å². The summed E-state index contributed by atoms with van der Waals surface area (Å²) in [5.74, 6) is -0.952. The van der Waals surface area contributed by atoms with Gasteiger partial charge in [-0.3, -0.25) is 9.59 Å². The van der Waals surface area contributed by atoms with Gasteiger partial charge in [-0.1, -0.05) is 11.6 Å². The summed E-state index contributed by atoms with van der Waals surface area (Å²) in [5.41, 5.74) is 1.37. The van der Waals surface area contributed by atoms with Gasteiger partial charge in [-0.15, -0.1) is 0 Å². The highest BCUT2D eigenvalue weighted by Gasteiger charge is 2.23. The van der Waals surface area contributed by atoms with Crippen LogP contribution in [0.4, 0.5) is 0 Å². The Balaban J connectivity index is 2.02. The fourth-order valence-corrected chi connectivity index (χ4v) is 3.12. The van der Waals surface area contributed by atoms with Crippen LogP contribution in [0.25, 0.3) is 11.8 Å². The van der Waals surface area contributed by atoms with Crippen molar-refractivity contribution in [3.8, 4) is 11.5 Å². The summed E-state index contributed by atoms with van der Waals surface area (Å²) in [7, 11) is 0. The smallest absolute Gasteiger partial charge is 0.343 e. The molecule has 8 heteroatoms. The molecule has 0 amide bonds. The summed E-state index contributed by atoms with van der Waals surface area (Å²) in [6.07, 6.45) is 3.10. The Morgan fingerprint density at radius 2 is 1.66 bits per heavy atom. The van der Waals surface area contributed by atoms with Crippen molar-refractivity contribution in [1.82, 2.24) is 0 Å². The van der Waals surface area contributed by atoms with Crippen LogP contribution in [0.5, 0.6) is 11.5 Å². The molecule has 0 saturated carbocycles. The first kappa shape index (κ1) is 20.8. The van der Waals surface area contributed by atoms with Gasteiger partial charge in [0.2, 0.25) is 0 Å². The molecule has 3 rings (SSSR count). The van der Waals surface area contributed by atoms with E-state index in [9.17, 15) is 14.4 Å². The maximum Gasteiger partial charge on any atom is 0.343 e. The highest BCUT2D eigenvalue weighted by atomic mass is 79.9. The van der Waals surface area contributed by atoms with Gasteiger partial charge in [-0.25, -0.2) is 4.79 Å². The lowest BCUT2D eigenvalue weighted by Gasteiger charge is -2.11. The van der Waals surface area contributed by atoms with Crippen LogP contribution in [0.1, 0.15) is 25.0 Å². The number of ether oxygens (including phenoxy) is 3. The molecule has 1 aliphatic rings. The number of esters is 3. The SMILES string of the molecule is CC(=O)Oc1cc(OC(C)=O)c(/C=C2\C=C(c3ccc(Cl)cc3)OC2=O)cc1Br. The van der Waals surface area contributed by atoms with E-state index < -0.39 is 17.9 Å². The zero-order valence-electron chi connectivity index (χ0n) is 15.3. The number of cyclic esters (lactones) is 1. The van der Waals surface area contributed by atoms with Crippen molar-refractivity contribution >= 4 is 57.3 Å². The van der Waals surface area contributed by atoms with Gasteiger partial charge in [0.05, 0.1) is 10.0 Å². The van der Waals surface area contributed by atoms with Crippen LogP contribution < -0.4 is 9.47 Å². The number of carbonyl (C=O) groups is 3. The van der Waals surface area contributed by atoms with E-state index in [1.165, 1.54) is 26.0 Å². The average Bonchev–Trinajstić information content (AvgIpc) is 2.99. The third-order valence-electron chi connectivity index (χ3n) is 3.74. The number of hydrogen-bond donors (Lipinski definition) is 0. The first-order valence-corrected chi connectivity index (χ1v) is 9.52. The molecule has 0 radical (unpaired) electrons. The van der Waals surface area contributed by atoms with Crippen LogP contribution in [0.2, 0.25) is 5.02 Å². The molecule has 0 aliphatic carbocycles. The Morgan fingerprint density at radius 1 is 1.03 bits per heavy atom. The van der Waals surface area contributed by atoms with Gasteiger partial charge in [-0.05, 0) is 58.4 Å². The van der Waals surface area contributed by atoms with Crippen LogP contribution in [-0.4, -0.2) is 17.9 Å². The monoisotopic (exact) mass is 476 g/mol. The normalized spacial score (nSPS) is 14.4. The second-order valence-electron chi connectivity index (χ2n) is 6.01. The van der Waals surface area contributed by atoms with Gasteiger partial charge in [0.25, 0.3) is 0 Å². The molecule has 0 unspecified atom stereocenters. The molecule has 0 aromatic heterocycles. The Bertz CT molecular complexity index is 1070. The van der Waals surface area contributed by atoms with Crippen LogP contribution in [-0.2, 0) is 19.1 Å². The number of benzene rings is 2. The predicted octanol–water partition coefficient (Wildman–Crippen LogP) is 4.93. The topological polar surface area (TPSA) is 78.9 Å². The van der Waals surface area contributed by atoms with Crippen molar-refractivity contribution in [2.75, 3.05) is 0 Å². The summed E-state index contributed by atoms with van der Waals surface area (Å²) in [6, 6.07) is 9.82. The fraction of sp³-hybridized carbons (Fsp3) is 0.0952. The number of carbonyl (C=O) groups excluding carboxylic acids is 3. The molecule has 1 heterocycles. The molecule has 0 N–H and O–H groups in total. The molecule has 0 spiro atoms. The summed E-state index contributed by atoms with van der Waals surface area (Å²) in [4.78, 5) is 35.0. The number of hydrogen-bond acceptors (Lipinski definition) is 6. The third-order valence-corrected chi connectivity index (χ3v) is 4.61. The second kappa shape index (κ2) is 8.63. The van der Waals surface area contributed by atoms with Gasteiger partial charge in [0.1, 0.15) is 17.3 Å². The van der Waals surface area contributed by atoms with Crippen LogP contribution in [0.15, 0.2) is 52.5 Å². The molecule has 148 valence electrons. The first-order valence-electron chi connectivity index (χ1n) is 8.35. The molecule has 0 saturated heterocycles. The lowest BCUT2D eigenvalue weighted by molar-refractivity contribution is -0.132. The summed E-state index contributed by atoms with van der Waals surface area (Å²) < 4.78 is 16.1. The minimum absolute atomic E-state index is 0.130. The van der Waals surface area contributed by atoms with Gasteiger partial charge < -0.3 is 14.2 Å². The zero-order valence-corrected chi connectivity index (χ0v) is 17.7. The van der Waals surface area contributed by atoms with Crippen molar-refractivity contribution in [2.45, 2.75) is 13.8 Å². The molecule has 1 aliphatic heterocycles. The highest BCUT2D eigenvalue weighted by Crippen LogP contribution is 2.36. The summed E-state index contributed by atoms with van der Waals surface area (Å²) in [6.45, 7) is 2.50. The predicted molar refractivity (Wildman–Crippen MR) is 110 cm³/mol. The van der Waals surface area contributed by atoms with E-state index in [1.807, 2.05) is 0 Å². The van der Waals surface area contributed by atoms with Gasteiger partial charge in [-0.2, -0.15) is 0 Å². The second-order valence-corrected chi connectivity index (χ2v) is 7.30. The first-order chi connectivity index (χ1) is 13.7. The molecule has 0 bridgehead atoms. The largest absolute Gasteiger partial charge is 0.426 e. The molecule has 0 fully saturated rings. The Kier molecular flexibility index (Phi) is 6.20. The van der Waals surface area contributed by atoms with E-state index in [0.717, 1.165) is 0 Å². The average molecular weight is 478 g/mol. The highest BCUT2D eigenvalue weighted by molar-refractivity contribution is 9.10. The fourth-order valence-electron chi connectivity index (χ4n) is 2.55. The summed E-state index contributed by atoms with van der Waals surface area (Å²) >= 11 is 9.19. The Labute approximate surface area is 179 Å². The maximum absolute atomic E-state index is 12.3. The molecule has 2 aromatic carbocycles. The van der Waals surface area contributed by atoms with E-state index in [1.54, 1.807) is 36.4 Å². The van der Waals surface area contributed by atoms with Crippen molar-refractivity contribution in [3.05, 3.63) is 68.7 Å². The van der Waals surface area contributed by atoms with E-state index in [2.05, 4.69) is 15.9 Å². The van der Waals surface area contributed by atoms with E-state index in [4.69, 9.17) is 25.8 Å². The van der Waals surface area contributed by atoms with Crippen LogP contribution >= 0.6 is 27.5 Å². The molecular formula is C21H14BrClO6. The Hall–Kier alpha value is -2.90. The van der Waals surface area contributed by atoms with Gasteiger partial charge >= 0.3 is 17.9 Å². The minimum Gasteiger partial charge on any atom is -0.426 e. The lowest BCUT2D eigenvalue weighted by atomic mass is 10.1. The van der Waals surface area contributed by atoms with Crippen molar-refractivity contribution < 1.29 is 28.6 Å². The molecule has 2 aromatic rings. The van der Waals surface area contributed by atoms with Crippen molar-refractivity contribution in [2.24, 2.45) is 0 Å². The third kappa shape index (κ3) is 5.13. The van der Waals surface area contributed by atoms with Crippen LogP contribution in [0.3, 0.4) is 0 Å². The molecular weight excluding hydrogens is 464 g/mol. The molecule has 6 nitrogen and oxygen atoms in total. The quantitative estimate of drug-likeness (QED) is 0.353. The Morgan fingerprint density at radius 3 is 2.28 bits per heavy atom. The minimum atomic E-state index is -0.563. The standard InChI is InChI=1S/C21H14BrClO6/c1-11(24)27-19-10-20(28-12(2)25)17(22)8-14(19)7-15-9-18(29-21(15)26)13-3-5-16(23)6-4-13/h3-10H,1-2H3/b15-7+. The zero-order chi connectivity index (χ0) is 21.1. The van der Waals surface area contributed by atoms with E-state index in [-0.39, 0.29) is 17.1 Å². The lowest BCUT2D eigenvalue weighted by Crippen LogP contribution is -2.06. The molecule has 0 atom stereocenters. The van der Waals surface area contributed by atoms with E-state index >= 15 is 0 Å². The van der Waals surface area contributed by atoms with Crippen molar-refractivity contribution in [3.63, 3.8) is 0 Å². The van der Waals surface area contributed by atoms with Crippen molar-refractivity contribution in [1.29, 1.82) is 0 Å². The van der Waals surface area contributed by atoms with Gasteiger partial charge in [0, 0.05) is 36.1 Å². The number of halogens is 2. The summed E-state index contributed by atoms with van der Waals surface area (Å²) in [5, 5.41) is 0.568. The molecule has 29 heavy (non-hydrogen) atoms. The number of rotatable bonds is 4.